The van der Waals surface area contributed by atoms with Crippen molar-refractivity contribution in [2.75, 3.05) is 13.1 Å². The van der Waals surface area contributed by atoms with Gasteiger partial charge in [0.2, 0.25) is 0 Å². The van der Waals surface area contributed by atoms with Gasteiger partial charge in [0.05, 0.1) is 6.54 Å². The van der Waals surface area contributed by atoms with Crippen LogP contribution in [0.25, 0.3) is 0 Å². The quantitative estimate of drug-likeness (QED) is 0.683. The van der Waals surface area contributed by atoms with Crippen LogP contribution in [-0.2, 0) is 11.8 Å². The van der Waals surface area contributed by atoms with Crippen molar-refractivity contribution in [3.63, 3.8) is 0 Å². The van der Waals surface area contributed by atoms with Crippen LogP contribution in [0, 0.1) is 0 Å². The highest BCUT2D eigenvalue weighted by atomic mass is 16.6. The number of hydrogen-bond donors (Lipinski definition) is 0. The second-order valence-corrected chi connectivity index (χ2v) is 3.15. The minimum atomic E-state index is -0.282. The smallest absolute Gasteiger partial charge is 0.410 e. The molecule has 1 atom stereocenters. The first-order valence-corrected chi connectivity index (χ1v) is 4.51. The van der Waals surface area contributed by atoms with E-state index in [2.05, 4.69) is 10.1 Å². The van der Waals surface area contributed by atoms with Crippen molar-refractivity contribution in [2.24, 2.45) is 7.05 Å². The van der Waals surface area contributed by atoms with E-state index in [1.165, 1.54) is 6.33 Å². The molecule has 0 bridgehead atoms. The van der Waals surface area contributed by atoms with E-state index >= 15 is 0 Å². The van der Waals surface area contributed by atoms with Gasteiger partial charge < -0.3 is 9.64 Å². The number of ether oxygens (including phenoxy) is 1. The van der Waals surface area contributed by atoms with Crippen LogP contribution in [0.4, 0.5) is 4.79 Å². The summed E-state index contributed by atoms with van der Waals surface area (Å²) in [6, 6.07) is 0. The molecule has 0 N–H and O–H groups in total. The predicted octanol–water partition coefficient (Wildman–Crippen LogP) is 0.328. The average molecular weight is 196 g/mol. The molecule has 2 heterocycles. The Labute approximate surface area is 81.5 Å². The van der Waals surface area contributed by atoms with Crippen LogP contribution >= 0.6 is 0 Å². The lowest BCUT2D eigenvalue weighted by Gasteiger charge is -2.07. The molecule has 1 aliphatic rings. The third-order valence-corrected chi connectivity index (χ3v) is 2.30. The monoisotopic (exact) mass is 196 g/mol. The highest BCUT2D eigenvalue weighted by molar-refractivity contribution is 5.69. The maximum Gasteiger partial charge on any atom is 0.410 e. The Morgan fingerprint density at radius 1 is 1.71 bits per heavy atom. The molecule has 6 nitrogen and oxygen atoms in total. The summed E-state index contributed by atoms with van der Waals surface area (Å²) in [4.78, 5) is 17.0. The molecule has 1 aliphatic heterocycles. The van der Waals surface area contributed by atoms with Crippen LogP contribution in [0.5, 0.6) is 0 Å². The van der Waals surface area contributed by atoms with Gasteiger partial charge in [-0.2, -0.15) is 5.10 Å². The normalized spacial score (nSPS) is 21.4. The van der Waals surface area contributed by atoms with Gasteiger partial charge >= 0.3 is 6.09 Å². The minimum Gasteiger partial charge on any atom is -0.436 e. The van der Waals surface area contributed by atoms with Crippen LogP contribution in [0.2, 0.25) is 0 Å². The molecule has 6 heteroatoms. The number of amides is 1. The molecule has 76 valence electrons. The summed E-state index contributed by atoms with van der Waals surface area (Å²) < 4.78 is 6.78. The summed E-state index contributed by atoms with van der Waals surface area (Å²) in [6.07, 6.45) is 0.896. The van der Waals surface area contributed by atoms with Crippen LogP contribution in [0.1, 0.15) is 18.9 Å². The fourth-order valence-corrected chi connectivity index (χ4v) is 1.50. The Hall–Kier alpha value is -1.59. The summed E-state index contributed by atoms with van der Waals surface area (Å²) >= 11 is 0. The molecule has 0 saturated carbocycles. The van der Waals surface area contributed by atoms with Crippen molar-refractivity contribution < 1.29 is 9.53 Å². The third kappa shape index (κ3) is 1.32. The number of carbonyl (C=O) groups excluding carboxylic acids is 1. The van der Waals surface area contributed by atoms with Gasteiger partial charge in [-0.05, 0) is 6.92 Å². The number of hydrogen-bond acceptors (Lipinski definition) is 4. The highest BCUT2D eigenvalue weighted by Crippen LogP contribution is 2.23. The standard InChI is InChI=1S/C8H12N4O2/c1-3-12-4-6(14-8(12)13)7-9-5-10-11(7)2/h5-6H,3-4H2,1-2H3/t6-/m1/s1. The lowest BCUT2D eigenvalue weighted by atomic mass is 10.3. The molecule has 2 rings (SSSR count). The molecule has 0 radical (unpaired) electrons. The maximum absolute atomic E-state index is 11.3. The van der Waals surface area contributed by atoms with Crippen LogP contribution in [-0.4, -0.2) is 38.8 Å². The van der Waals surface area contributed by atoms with Crippen molar-refractivity contribution in [1.82, 2.24) is 19.7 Å². The Morgan fingerprint density at radius 3 is 3.00 bits per heavy atom. The van der Waals surface area contributed by atoms with E-state index in [9.17, 15) is 4.79 Å². The fourth-order valence-electron chi connectivity index (χ4n) is 1.50. The zero-order chi connectivity index (χ0) is 10.1. The zero-order valence-electron chi connectivity index (χ0n) is 8.17. The molecule has 1 fully saturated rings. The van der Waals surface area contributed by atoms with E-state index in [1.54, 1.807) is 16.6 Å². The molecule has 1 aromatic heterocycles. The van der Waals surface area contributed by atoms with E-state index in [0.29, 0.717) is 18.9 Å². The van der Waals surface area contributed by atoms with E-state index < -0.39 is 0 Å². The Bertz CT molecular complexity index is 349. The van der Waals surface area contributed by atoms with Gasteiger partial charge in [0.25, 0.3) is 0 Å². The van der Waals surface area contributed by atoms with Gasteiger partial charge in [-0.1, -0.05) is 0 Å². The molecule has 1 aromatic rings. The molecule has 1 saturated heterocycles. The van der Waals surface area contributed by atoms with E-state index in [4.69, 9.17) is 4.74 Å². The first-order chi connectivity index (χ1) is 6.72. The topological polar surface area (TPSA) is 60.3 Å². The van der Waals surface area contributed by atoms with E-state index in [1.807, 2.05) is 6.92 Å². The summed E-state index contributed by atoms with van der Waals surface area (Å²) in [5.41, 5.74) is 0. The molecule has 14 heavy (non-hydrogen) atoms. The van der Waals surface area contributed by atoms with Gasteiger partial charge in [-0.25, -0.2) is 14.5 Å². The zero-order valence-corrected chi connectivity index (χ0v) is 8.17. The number of likely N-dealkylation sites (N-methyl/N-ethyl adjacent to an activating group) is 1. The second-order valence-electron chi connectivity index (χ2n) is 3.15. The van der Waals surface area contributed by atoms with E-state index in [-0.39, 0.29) is 12.2 Å². The SMILES string of the molecule is CCN1C[C@H](c2ncnn2C)OC1=O. The highest BCUT2D eigenvalue weighted by Gasteiger charge is 2.33. The van der Waals surface area contributed by atoms with Gasteiger partial charge in [0.15, 0.2) is 11.9 Å². The Kier molecular flexibility index (Phi) is 2.11. The number of aryl methyl sites for hydroxylation is 1. The van der Waals surface area contributed by atoms with Crippen molar-refractivity contribution in [1.29, 1.82) is 0 Å². The number of nitrogens with zero attached hydrogens (tertiary/aromatic N) is 4. The molecule has 0 aliphatic carbocycles. The number of cyclic esters (lactones) is 1. The Morgan fingerprint density at radius 2 is 2.50 bits per heavy atom. The first-order valence-electron chi connectivity index (χ1n) is 4.51. The number of aromatic nitrogens is 3. The molecule has 1 amide bonds. The van der Waals surface area contributed by atoms with Gasteiger partial charge in [-0.15, -0.1) is 0 Å². The predicted molar refractivity (Wildman–Crippen MR) is 47.5 cm³/mol. The molecular weight excluding hydrogens is 184 g/mol. The lowest BCUT2D eigenvalue weighted by Crippen LogP contribution is -2.23. The molecule has 0 spiro atoms. The summed E-state index contributed by atoms with van der Waals surface area (Å²) in [5, 5.41) is 3.93. The fraction of sp³-hybridized carbons (Fsp3) is 0.625. The van der Waals surface area contributed by atoms with Crippen LogP contribution in [0.15, 0.2) is 6.33 Å². The summed E-state index contributed by atoms with van der Waals surface area (Å²) in [7, 11) is 1.78. The third-order valence-electron chi connectivity index (χ3n) is 2.30. The maximum atomic E-state index is 11.3. The van der Waals surface area contributed by atoms with Gasteiger partial charge in [0.1, 0.15) is 6.33 Å². The summed E-state index contributed by atoms with van der Waals surface area (Å²) in [5.74, 6) is 0.689. The lowest BCUT2D eigenvalue weighted by molar-refractivity contribution is 0.128. The van der Waals surface area contributed by atoms with Crippen LogP contribution < -0.4 is 0 Å². The van der Waals surface area contributed by atoms with E-state index in [0.717, 1.165) is 0 Å². The second kappa shape index (κ2) is 3.28. The average Bonchev–Trinajstić information content (AvgIpc) is 2.71. The number of carbonyl (C=O) groups is 1. The van der Waals surface area contributed by atoms with Crippen LogP contribution in [0.3, 0.4) is 0 Å². The minimum absolute atomic E-state index is 0.277. The molecule has 0 unspecified atom stereocenters. The summed E-state index contributed by atoms with van der Waals surface area (Å²) in [6.45, 7) is 3.13. The molecule has 0 aromatic carbocycles. The van der Waals surface area contributed by atoms with Gasteiger partial charge in [-0.3, -0.25) is 0 Å². The van der Waals surface area contributed by atoms with Crippen molar-refractivity contribution >= 4 is 6.09 Å². The Balaban J connectivity index is 2.16. The van der Waals surface area contributed by atoms with Crippen molar-refractivity contribution in [3.8, 4) is 0 Å². The number of rotatable bonds is 2. The first kappa shape index (κ1) is 8.98. The van der Waals surface area contributed by atoms with Crippen molar-refractivity contribution in [2.45, 2.75) is 13.0 Å². The van der Waals surface area contributed by atoms with Crippen molar-refractivity contribution in [3.05, 3.63) is 12.2 Å². The van der Waals surface area contributed by atoms with Gasteiger partial charge in [0, 0.05) is 13.6 Å². The molecular formula is C8H12N4O2. The largest absolute Gasteiger partial charge is 0.436 e.